The molecule has 1 N–H and O–H groups in total. The summed E-state index contributed by atoms with van der Waals surface area (Å²) < 4.78 is 0. The lowest BCUT2D eigenvalue weighted by Gasteiger charge is -2.33. The smallest absolute Gasteiger partial charge is 0.326 e. The van der Waals surface area contributed by atoms with Crippen LogP contribution in [0.5, 0.6) is 0 Å². The molecule has 1 aromatic rings. The summed E-state index contributed by atoms with van der Waals surface area (Å²) in [5, 5.41) is 9.62. The SMILES string of the molecule is O=C(O)C1CC2CCCCC2N1C(=O)c1ccc2c(c1)CCC=C2. The van der Waals surface area contributed by atoms with E-state index in [2.05, 4.69) is 12.2 Å². The summed E-state index contributed by atoms with van der Waals surface area (Å²) in [4.78, 5) is 26.6. The van der Waals surface area contributed by atoms with Gasteiger partial charge in [-0.25, -0.2) is 4.79 Å². The molecule has 4 heteroatoms. The minimum atomic E-state index is -0.862. The number of hydrogen-bond acceptors (Lipinski definition) is 2. The Balaban J connectivity index is 1.66. The maximum atomic E-state index is 13.1. The van der Waals surface area contributed by atoms with Crippen molar-refractivity contribution >= 4 is 18.0 Å². The average Bonchev–Trinajstić information content (AvgIpc) is 3.00. The van der Waals surface area contributed by atoms with Crippen LogP contribution in [0.3, 0.4) is 0 Å². The molecule has 0 radical (unpaired) electrons. The second-order valence-corrected chi connectivity index (χ2v) is 7.27. The summed E-state index contributed by atoms with van der Waals surface area (Å²) in [6, 6.07) is 5.25. The molecule has 1 aliphatic heterocycles. The largest absolute Gasteiger partial charge is 0.480 e. The summed E-state index contributed by atoms with van der Waals surface area (Å²) in [6.45, 7) is 0. The number of carbonyl (C=O) groups is 2. The van der Waals surface area contributed by atoms with Crippen molar-refractivity contribution in [3.05, 3.63) is 41.0 Å². The third-order valence-corrected chi connectivity index (χ3v) is 5.88. The first-order chi connectivity index (χ1) is 11.6. The highest BCUT2D eigenvalue weighted by Crippen LogP contribution is 2.40. The summed E-state index contributed by atoms with van der Waals surface area (Å²) >= 11 is 0. The number of aryl methyl sites for hydroxylation is 1. The highest BCUT2D eigenvalue weighted by molar-refractivity contribution is 5.97. The monoisotopic (exact) mass is 325 g/mol. The zero-order valence-electron chi connectivity index (χ0n) is 13.8. The van der Waals surface area contributed by atoms with Crippen molar-refractivity contribution < 1.29 is 14.7 Å². The van der Waals surface area contributed by atoms with Gasteiger partial charge in [0.15, 0.2) is 0 Å². The molecule has 4 rings (SSSR count). The second kappa shape index (κ2) is 6.08. The molecule has 4 nitrogen and oxygen atoms in total. The zero-order valence-corrected chi connectivity index (χ0v) is 13.8. The Bertz CT molecular complexity index is 709. The topological polar surface area (TPSA) is 57.6 Å². The highest BCUT2D eigenvalue weighted by atomic mass is 16.4. The van der Waals surface area contributed by atoms with E-state index in [4.69, 9.17) is 0 Å². The molecule has 126 valence electrons. The number of amides is 1. The van der Waals surface area contributed by atoms with E-state index < -0.39 is 12.0 Å². The maximum absolute atomic E-state index is 13.1. The summed E-state index contributed by atoms with van der Waals surface area (Å²) in [6.07, 6.45) is 11.0. The number of benzene rings is 1. The quantitative estimate of drug-likeness (QED) is 0.905. The Morgan fingerprint density at radius 3 is 2.83 bits per heavy atom. The Morgan fingerprint density at radius 2 is 2.00 bits per heavy atom. The lowest BCUT2D eigenvalue weighted by Crippen LogP contribution is -2.46. The molecule has 1 heterocycles. The number of carbonyl (C=O) groups excluding carboxylic acids is 1. The first-order valence-electron chi connectivity index (χ1n) is 9.00. The lowest BCUT2D eigenvalue weighted by molar-refractivity contribution is -0.141. The van der Waals surface area contributed by atoms with E-state index in [9.17, 15) is 14.7 Å². The molecule has 0 bridgehead atoms. The van der Waals surface area contributed by atoms with Crippen molar-refractivity contribution in [2.75, 3.05) is 0 Å². The van der Waals surface area contributed by atoms with Gasteiger partial charge in [-0.05, 0) is 61.3 Å². The number of likely N-dealkylation sites (tertiary alicyclic amines) is 1. The molecule has 1 saturated heterocycles. The van der Waals surface area contributed by atoms with E-state index in [1.807, 2.05) is 18.2 Å². The second-order valence-electron chi connectivity index (χ2n) is 7.27. The number of hydrogen-bond donors (Lipinski definition) is 1. The number of allylic oxidation sites excluding steroid dienone is 1. The summed E-state index contributed by atoms with van der Waals surface area (Å²) in [5.74, 6) is -0.614. The molecule has 1 saturated carbocycles. The van der Waals surface area contributed by atoms with Crippen LogP contribution in [0, 0.1) is 5.92 Å². The van der Waals surface area contributed by atoms with Crippen molar-refractivity contribution in [2.45, 2.75) is 57.0 Å². The van der Waals surface area contributed by atoms with E-state index in [1.54, 1.807) is 4.90 Å². The molecule has 2 aliphatic carbocycles. The normalized spacial score (nSPS) is 28.3. The molecule has 1 amide bonds. The van der Waals surface area contributed by atoms with Crippen molar-refractivity contribution in [3.8, 4) is 0 Å². The van der Waals surface area contributed by atoms with Gasteiger partial charge in [-0.2, -0.15) is 0 Å². The number of nitrogens with zero attached hydrogens (tertiary/aromatic N) is 1. The lowest BCUT2D eigenvalue weighted by atomic mass is 9.84. The first-order valence-corrected chi connectivity index (χ1v) is 9.00. The van der Waals surface area contributed by atoms with Gasteiger partial charge in [-0.1, -0.05) is 31.1 Å². The average molecular weight is 325 g/mol. The molecule has 0 spiro atoms. The van der Waals surface area contributed by atoms with Gasteiger partial charge < -0.3 is 10.0 Å². The van der Waals surface area contributed by atoms with Crippen molar-refractivity contribution in [1.82, 2.24) is 4.90 Å². The third kappa shape index (κ3) is 2.54. The molecular weight excluding hydrogens is 302 g/mol. The number of rotatable bonds is 2. The number of aliphatic carboxylic acids is 1. The van der Waals surface area contributed by atoms with Crippen LogP contribution in [0.25, 0.3) is 6.08 Å². The summed E-state index contributed by atoms with van der Waals surface area (Å²) in [7, 11) is 0. The fraction of sp³-hybridized carbons (Fsp3) is 0.500. The van der Waals surface area contributed by atoms with Crippen molar-refractivity contribution in [3.63, 3.8) is 0 Å². The van der Waals surface area contributed by atoms with Gasteiger partial charge in [0.05, 0.1) is 0 Å². The first kappa shape index (κ1) is 15.4. The van der Waals surface area contributed by atoms with Gasteiger partial charge in [-0.15, -0.1) is 0 Å². The molecule has 0 aromatic heterocycles. The van der Waals surface area contributed by atoms with Gasteiger partial charge in [0.1, 0.15) is 6.04 Å². The molecule has 3 unspecified atom stereocenters. The van der Waals surface area contributed by atoms with Crippen molar-refractivity contribution in [2.24, 2.45) is 5.92 Å². The van der Waals surface area contributed by atoms with Crippen LogP contribution in [-0.4, -0.2) is 34.0 Å². The number of carboxylic acids is 1. The maximum Gasteiger partial charge on any atom is 0.326 e. The Hall–Kier alpha value is -2.10. The van der Waals surface area contributed by atoms with E-state index in [0.717, 1.165) is 38.5 Å². The molecule has 2 fully saturated rings. The van der Waals surface area contributed by atoms with Crippen molar-refractivity contribution in [1.29, 1.82) is 0 Å². The minimum Gasteiger partial charge on any atom is -0.480 e. The summed E-state index contributed by atoms with van der Waals surface area (Å²) in [5.41, 5.74) is 3.00. The van der Waals surface area contributed by atoms with Gasteiger partial charge in [0, 0.05) is 11.6 Å². The van der Waals surface area contributed by atoms with E-state index in [1.165, 1.54) is 11.1 Å². The number of carboxylic acid groups (broad SMARTS) is 1. The van der Waals surface area contributed by atoms with Crippen LogP contribution < -0.4 is 0 Å². The van der Waals surface area contributed by atoms with Crippen LogP contribution in [0.4, 0.5) is 0 Å². The van der Waals surface area contributed by atoms with Gasteiger partial charge >= 0.3 is 5.97 Å². The molecular formula is C20H23NO3. The van der Waals surface area contributed by atoms with E-state index in [-0.39, 0.29) is 11.9 Å². The highest BCUT2D eigenvalue weighted by Gasteiger charge is 2.47. The van der Waals surface area contributed by atoms with Gasteiger partial charge in [0.25, 0.3) is 5.91 Å². The van der Waals surface area contributed by atoms with Crippen LogP contribution in [0.2, 0.25) is 0 Å². The third-order valence-electron chi connectivity index (χ3n) is 5.88. The Labute approximate surface area is 142 Å². The fourth-order valence-corrected chi connectivity index (χ4v) is 4.69. The van der Waals surface area contributed by atoms with E-state index >= 15 is 0 Å². The zero-order chi connectivity index (χ0) is 16.7. The van der Waals surface area contributed by atoms with Gasteiger partial charge in [-0.3, -0.25) is 4.79 Å². The molecule has 1 aromatic carbocycles. The van der Waals surface area contributed by atoms with Gasteiger partial charge in [0.2, 0.25) is 0 Å². The van der Waals surface area contributed by atoms with E-state index in [0.29, 0.717) is 17.9 Å². The minimum absolute atomic E-state index is 0.100. The van der Waals surface area contributed by atoms with Crippen LogP contribution in [0.1, 0.15) is 60.0 Å². The fourth-order valence-electron chi connectivity index (χ4n) is 4.69. The Morgan fingerprint density at radius 1 is 1.17 bits per heavy atom. The molecule has 3 aliphatic rings. The van der Waals surface area contributed by atoms with Crippen LogP contribution in [0.15, 0.2) is 24.3 Å². The van der Waals surface area contributed by atoms with Crippen LogP contribution in [-0.2, 0) is 11.2 Å². The molecule has 24 heavy (non-hydrogen) atoms. The predicted octanol–water partition coefficient (Wildman–Crippen LogP) is 3.50. The molecule has 3 atom stereocenters. The van der Waals surface area contributed by atoms with Crippen LogP contribution >= 0.6 is 0 Å². The standard InChI is InChI=1S/C20H23NO3/c22-19(16-10-9-13-5-1-2-6-14(13)11-16)21-17-8-4-3-7-15(17)12-18(21)20(23)24/h1,5,9-11,15,17-18H,2-4,6-8,12H2,(H,23,24). The number of fused-ring (bicyclic) bond motifs is 2. The Kier molecular flexibility index (Phi) is 3.91. The predicted molar refractivity (Wildman–Crippen MR) is 91.8 cm³/mol.